The molecule has 1 atom stereocenters. The molecular formula is C16H16ClO2P. The van der Waals surface area contributed by atoms with E-state index in [9.17, 15) is 9.36 Å². The molecule has 0 aliphatic carbocycles. The number of carbonyl (C=O) groups excluding carboxylic acids is 1. The monoisotopic (exact) mass is 306 g/mol. The van der Waals surface area contributed by atoms with E-state index in [-0.39, 0.29) is 0 Å². The number of halogens is 1. The zero-order chi connectivity index (χ0) is 14.6. The van der Waals surface area contributed by atoms with Crippen LogP contribution in [0.1, 0.15) is 13.3 Å². The smallest absolute Gasteiger partial charge is 0.232 e. The first-order valence-corrected chi connectivity index (χ1v) is 8.66. The van der Waals surface area contributed by atoms with Crippen molar-refractivity contribution in [3.63, 3.8) is 0 Å². The van der Waals surface area contributed by atoms with Crippen LogP contribution in [0, 0.1) is 0 Å². The molecule has 0 saturated carbocycles. The van der Waals surface area contributed by atoms with Crippen molar-refractivity contribution >= 4 is 34.6 Å². The minimum absolute atomic E-state index is 0.448. The van der Waals surface area contributed by atoms with Gasteiger partial charge < -0.3 is 4.57 Å². The maximum Gasteiger partial charge on any atom is 0.232 e. The first-order chi connectivity index (χ1) is 9.60. The summed E-state index contributed by atoms with van der Waals surface area (Å²) in [4.78, 5) is 11.8. The van der Waals surface area contributed by atoms with Crippen LogP contribution in [-0.4, -0.2) is 10.9 Å². The highest BCUT2D eigenvalue weighted by atomic mass is 35.5. The maximum absolute atomic E-state index is 13.7. The molecule has 4 heteroatoms. The summed E-state index contributed by atoms with van der Waals surface area (Å²) in [6.07, 6.45) is 0.448. The first kappa shape index (κ1) is 15.0. The lowest BCUT2D eigenvalue weighted by Gasteiger charge is -2.25. The van der Waals surface area contributed by atoms with Crippen LogP contribution in [0.2, 0.25) is 0 Å². The van der Waals surface area contributed by atoms with Crippen molar-refractivity contribution in [2.45, 2.75) is 19.0 Å². The normalized spacial score (nSPS) is 12.9. The van der Waals surface area contributed by atoms with E-state index < -0.39 is 18.0 Å². The molecule has 0 aliphatic heterocycles. The van der Waals surface area contributed by atoms with Gasteiger partial charge in [0.25, 0.3) is 0 Å². The molecule has 104 valence electrons. The van der Waals surface area contributed by atoms with Crippen molar-refractivity contribution in [1.82, 2.24) is 0 Å². The lowest BCUT2D eigenvalue weighted by Crippen LogP contribution is -2.29. The van der Waals surface area contributed by atoms with Crippen LogP contribution in [0.3, 0.4) is 0 Å². The third-order valence-corrected chi connectivity index (χ3v) is 7.39. The summed E-state index contributed by atoms with van der Waals surface area (Å²) in [7, 11) is -3.07. The summed E-state index contributed by atoms with van der Waals surface area (Å²) in [5, 5.41) is 0.808. The molecule has 0 aliphatic rings. The molecule has 2 nitrogen and oxygen atoms in total. The Morgan fingerprint density at radius 2 is 1.40 bits per heavy atom. The highest BCUT2D eigenvalue weighted by molar-refractivity contribution is 7.80. The Bertz CT molecular complexity index is 582. The second-order valence-corrected chi connectivity index (χ2v) is 7.90. The van der Waals surface area contributed by atoms with E-state index in [2.05, 4.69) is 0 Å². The summed E-state index contributed by atoms with van der Waals surface area (Å²) in [5.74, 6) is 0. The van der Waals surface area contributed by atoms with Gasteiger partial charge in [0.2, 0.25) is 5.24 Å². The molecule has 0 amide bonds. The lowest BCUT2D eigenvalue weighted by atomic mass is 10.3. The average molecular weight is 307 g/mol. The molecule has 0 spiro atoms. The van der Waals surface area contributed by atoms with E-state index in [1.807, 2.05) is 43.3 Å². The lowest BCUT2D eigenvalue weighted by molar-refractivity contribution is -0.111. The summed E-state index contributed by atoms with van der Waals surface area (Å²) < 4.78 is 13.7. The summed E-state index contributed by atoms with van der Waals surface area (Å²) in [5.41, 5.74) is -0.686. The number of benzene rings is 2. The van der Waals surface area contributed by atoms with Gasteiger partial charge in [0, 0.05) is 10.6 Å². The summed E-state index contributed by atoms with van der Waals surface area (Å²) in [6, 6.07) is 18.3. The molecule has 0 saturated heterocycles. The number of carbonyl (C=O) groups is 1. The van der Waals surface area contributed by atoms with Crippen LogP contribution in [0.25, 0.3) is 0 Å². The third-order valence-electron chi connectivity index (χ3n) is 3.37. The largest absolute Gasteiger partial charge is 0.313 e. The third kappa shape index (κ3) is 2.72. The second kappa shape index (κ2) is 6.39. The van der Waals surface area contributed by atoms with Gasteiger partial charge in [0.1, 0.15) is 0 Å². The van der Waals surface area contributed by atoms with Gasteiger partial charge in [0.15, 0.2) is 7.14 Å². The Morgan fingerprint density at radius 1 is 1.00 bits per heavy atom. The van der Waals surface area contributed by atoms with E-state index in [0.717, 1.165) is 0 Å². The fraction of sp³-hybridized carbons (Fsp3) is 0.188. The molecule has 0 heterocycles. The second-order valence-electron chi connectivity index (χ2n) is 4.56. The molecule has 20 heavy (non-hydrogen) atoms. The van der Waals surface area contributed by atoms with Crippen LogP contribution in [0.5, 0.6) is 0 Å². The standard InChI is InChI=1S/C16H16ClO2P/c1-2-15(16(17)18)20(19,13-9-5-3-6-10-13)14-11-7-4-8-12-14/h3-12,15H,2H2,1H3. The van der Waals surface area contributed by atoms with Gasteiger partial charge in [0.05, 0.1) is 5.66 Å². The molecule has 0 bridgehead atoms. The maximum atomic E-state index is 13.7. The Balaban J connectivity index is 2.67. The van der Waals surface area contributed by atoms with Crippen LogP contribution in [0.4, 0.5) is 0 Å². The van der Waals surface area contributed by atoms with Gasteiger partial charge in [-0.2, -0.15) is 0 Å². The molecule has 2 rings (SSSR count). The Morgan fingerprint density at radius 3 is 1.70 bits per heavy atom. The van der Waals surface area contributed by atoms with Crippen LogP contribution in [-0.2, 0) is 9.36 Å². The van der Waals surface area contributed by atoms with Crippen molar-refractivity contribution in [1.29, 1.82) is 0 Å². The minimum atomic E-state index is -3.07. The quantitative estimate of drug-likeness (QED) is 0.625. The number of hydrogen-bond acceptors (Lipinski definition) is 2. The van der Waals surface area contributed by atoms with Gasteiger partial charge in [-0.05, 0) is 18.0 Å². The van der Waals surface area contributed by atoms with Crippen molar-refractivity contribution < 1.29 is 9.36 Å². The minimum Gasteiger partial charge on any atom is -0.313 e. The highest BCUT2D eigenvalue weighted by Crippen LogP contribution is 2.50. The number of hydrogen-bond donors (Lipinski definition) is 0. The van der Waals surface area contributed by atoms with Crippen molar-refractivity contribution in [2.24, 2.45) is 0 Å². The van der Waals surface area contributed by atoms with Crippen LogP contribution in [0.15, 0.2) is 60.7 Å². The average Bonchev–Trinajstić information content (AvgIpc) is 2.49. The molecule has 0 radical (unpaired) electrons. The van der Waals surface area contributed by atoms with Gasteiger partial charge in [-0.25, -0.2) is 0 Å². The molecule has 1 unspecified atom stereocenters. The zero-order valence-corrected chi connectivity index (χ0v) is 12.8. The van der Waals surface area contributed by atoms with E-state index >= 15 is 0 Å². The molecule has 0 fully saturated rings. The molecule has 2 aromatic rings. The fourth-order valence-corrected chi connectivity index (χ4v) is 5.98. The van der Waals surface area contributed by atoms with Gasteiger partial charge in [-0.1, -0.05) is 67.6 Å². The van der Waals surface area contributed by atoms with Gasteiger partial charge >= 0.3 is 0 Å². The van der Waals surface area contributed by atoms with Crippen LogP contribution >= 0.6 is 18.7 Å². The highest BCUT2D eigenvalue weighted by Gasteiger charge is 2.39. The predicted molar refractivity (Wildman–Crippen MR) is 84.7 cm³/mol. The number of rotatable bonds is 5. The van der Waals surface area contributed by atoms with E-state index in [1.165, 1.54) is 0 Å². The Kier molecular flexibility index (Phi) is 4.80. The molecule has 0 aromatic heterocycles. The van der Waals surface area contributed by atoms with Crippen molar-refractivity contribution in [3.05, 3.63) is 60.7 Å². The van der Waals surface area contributed by atoms with Gasteiger partial charge in [-0.15, -0.1) is 0 Å². The molecule has 2 aromatic carbocycles. The van der Waals surface area contributed by atoms with Crippen molar-refractivity contribution in [3.8, 4) is 0 Å². The Hall–Kier alpha value is -1.37. The first-order valence-electron chi connectivity index (χ1n) is 6.51. The van der Waals surface area contributed by atoms with Crippen molar-refractivity contribution in [2.75, 3.05) is 0 Å². The van der Waals surface area contributed by atoms with E-state index in [1.54, 1.807) is 24.3 Å². The van der Waals surface area contributed by atoms with Gasteiger partial charge in [-0.3, -0.25) is 4.79 Å². The molecule has 0 N–H and O–H groups in total. The fourth-order valence-electron chi connectivity index (χ4n) is 2.37. The SMILES string of the molecule is CCC(C(=O)Cl)P(=O)(c1ccccc1)c1ccccc1. The summed E-state index contributed by atoms with van der Waals surface area (Å²) >= 11 is 5.72. The molecular weight excluding hydrogens is 291 g/mol. The van der Waals surface area contributed by atoms with Crippen LogP contribution < -0.4 is 10.6 Å². The Labute approximate surface area is 124 Å². The predicted octanol–water partition coefficient (Wildman–Crippen LogP) is 3.54. The summed E-state index contributed by atoms with van der Waals surface area (Å²) in [6.45, 7) is 1.84. The topological polar surface area (TPSA) is 34.1 Å². The zero-order valence-electron chi connectivity index (χ0n) is 11.2. The van der Waals surface area contributed by atoms with E-state index in [4.69, 9.17) is 11.6 Å². The van der Waals surface area contributed by atoms with E-state index in [0.29, 0.717) is 17.0 Å².